The minimum absolute atomic E-state index is 0.0478. The van der Waals surface area contributed by atoms with E-state index in [1.165, 1.54) is 11.3 Å². The molecule has 0 spiro atoms. The fraction of sp³-hybridized carbons (Fsp3) is 0.600. The predicted octanol–water partition coefficient (Wildman–Crippen LogP) is 3.59. The number of carbonyl (C=O) groups is 2. The quantitative estimate of drug-likeness (QED) is 0.626. The van der Waals surface area contributed by atoms with Crippen LogP contribution in [0.4, 0.5) is 0 Å². The summed E-state index contributed by atoms with van der Waals surface area (Å²) in [7, 11) is 1.68. The Bertz CT molecular complexity index is 371. The van der Waals surface area contributed by atoms with Crippen LogP contribution in [0.2, 0.25) is 0 Å². The normalized spacial score (nSPS) is 22.2. The molecule has 0 saturated heterocycles. The summed E-state index contributed by atoms with van der Waals surface area (Å²) in [6.07, 6.45) is 4.88. The molecule has 0 N–H and O–H groups in total. The van der Waals surface area contributed by atoms with E-state index in [4.69, 9.17) is 0 Å². The van der Waals surface area contributed by atoms with Gasteiger partial charge < -0.3 is 9.53 Å². The van der Waals surface area contributed by atoms with Crippen molar-refractivity contribution in [2.45, 2.75) is 32.6 Å². The number of thiophene rings is 1. The molecule has 1 saturated carbocycles. The van der Waals surface area contributed by atoms with Gasteiger partial charge in [0.1, 0.15) is 6.29 Å². The van der Waals surface area contributed by atoms with E-state index in [0.29, 0.717) is 0 Å². The molecule has 1 aromatic rings. The van der Waals surface area contributed by atoms with Crippen LogP contribution in [0.5, 0.6) is 0 Å². The molecule has 3 nitrogen and oxygen atoms in total. The van der Waals surface area contributed by atoms with Crippen molar-refractivity contribution in [1.29, 1.82) is 0 Å². The molecule has 4 heteroatoms. The minimum Gasteiger partial charge on any atom is -0.385 e. The second kappa shape index (κ2) is 8.99. The lowest BCUT2D eigenvalue weighted by atomic mass is 9.77. The molecule has 0 amide bonds. The number of methoxy groups -OCH3 is 1. The maximum Gasteiger partial charge on any atom is 0.176 e. The van der Waals surface area contributed by atoms with Gasteiger partial charge in [0, 0.05) is 25.6 Å². The number of aldehydes is 1. The number of Topliss-reactive ketones (excluding diaryl/α,β-unsaturated/α-hetero) is 1. The van der Waals surface area contributed by atoms with Crippen LogP contribution < -0.4 is 0 Å². The average molecular weight is 282 g/mol. The highest BCUT2D eigenvalue weighted by molar-refractivity contribution is 7.12. The van der Waals surface area contributed by atoms with Gasteiger partial charge in [-0.1, -0.05) is 18.9 Å². The molecule has 2 atom stereocenters. The summed E-state index contributed by atoms with van der Waals surface area (Å²) in [5.41, 5.74) is 0. The van der Waals surface area contributed by atoms with Gasteiger partial charge in [-0.05, 0) is 31.2 Å². The third-order valence-electron chi connectivity index (χ3n) is 3.38. The Kier molecular flexibility index (Phi) is 7.60. The third-order valence-corrected chi connectivity index (χ3v) is 4.27. The lowest BCUT2D eigenvalue weighted by molar-refractivity contribution is -0.112. The number of hydrogen-bond donors (Lipinski definition) is 0. The molecule has 19 heavy (non-hydrogen) atoms. The Morgan fingerprint density at radius 1 is 1.47 bits per heavy atom. The van der Waals surface area contributed by atoms with E-state index >= 15 is 0 Å². The molecule has 1 heterocycles. The molecule has 0 bridgehead atoms. The first-order valence-electron chi connectivity index (χ1n) is 6.76. The third kappa shape index (κ3) is 4.88. The number of ketones is 1. The zero-order valence-corrected chi connectivity index (χ0v) is 12.4. The van der Waals surface area contributed by atoms with Gasteiger partial charge in [-0.3, -0.25) is 4.79 Å². The SMILES string of the molecule is CCOC.O=CC1CCCCC1C(=O)c1cccs1. The molecule has 1 aliphatic carbocycles. The van der Waals surface area contributed by atoms with Crippen LogP contribution in [0, 0.1) is 11.8 Å². The standard InChI is InChI=1S/C12H14O2S.C3H8O/c13-8-9-4-1-2-5-10(9)12(14)11-6-3-7-15-11;1-3-4-2/h3,6-10H,1-2,4-5H2;3H2,1-2H3. The monoisotopic (exact) mass is 282 g/mol. The van der Waals surface area contributed by atoms with Crippen molar-refractivity contribution in [3.8, 4) is 0 Å². The molecule has 106 valence electrons. The molecule has 1 aromatic heterocycles. The molecule has 2 unspecified atom stereocenters. The van der Waals surface area contributed by atoms with Crippen molar-refractivity contribution in [3.05, 3.63) is 22.4 Å². The lowest BCUT2D eigenvalue weighted by Crippen LogP contribution is -2.27. The van der Waals surface area contributed by atoms with E-state index in [1.807, 2.05) is 24.4 Å². The number of rotatable bonds is 4. The summed E-state index contributed by atoms with van der Waals surface area (Å²) in [6.45, 7) is 2.78. The zero-order chi connectivity index (χ0) is 14.1. The van der Waals surface area contributed by atoms with Crippen LogP contribution >= 0.6 is 11.3 Å². The molecular weight excluding hydrogens is 260 g/mol. The summed E-state index contributed by atoms with van der Waals surface area (Å²) in [5, 5.41) is 1.91. The van der Waals surface area contributed by atoms with Gasteiger partial charge in [-0.15, -0.1) is 11.3 Å². The highest BCUT2D eigenvalue weighted by Crippen LogP contribution is 2.32. The van der Waals surface area contributed by atoms with E-state index in [1.54, 1.807) is 7.11 Å². The number of hydrogen-bond acceptors (Lipinski definition) is 4. The highest BCUT2D eigenvalue weighted by atomic mass is 32.1. The smallest absolute Gasteiger partial charge is 0.176 e. The molecule has 1 aliphatic rings. The van der Waals surface area contributed by atoms with Crippen LogP contribution in [0.15, 0.2) is 17.5 Å². The maximum absolute atomic E-state index is 12.1. The van der Waals surface area contributed by atoms with Crippen LogP contribution in [0.3, 0.4) is 0 Å². The van der Waals surface area contributed by atoms with Crippen molar-refractivity contribution < 1.29 is 14.3 Å². The van der Waals surface area contributed by atoms with Gasteiger partial charge in [0.25, 0.3) is 0 Å². The number of ether oxygens (including phenoxy) is 1. The van der Waals surface area contributed by atoms with Gasteiger partial charge in [0.05, 0.1) is 4.88 Å². The van der Waals surface area contributed by atoms with Crippen molar-refractivity contribution in [2.24, 2.45) is 11.8 Å². The van der Waals surface area contributed by atoms with Crippen LogP contribution in [-0.4, -0.2) is 25.8 Å². The van der Waals surface area contributed by atoms with E-state index < -0.39 is 0 Å². The minimum atomic E-state index is -0.0603. The van der Waals surface area contributed by atoms with E-state index in [0.717, 1.165) is 43.5 Å². The van der Waals surface area contributed by atoms with Crippen LogP contribution in [0.25, 0.3) is 0 Å². The van der Waals surface area contributed by atoms with Crippen LogP contribution in [0.1, 0.15) is 42.3 Å². The summed E-state index contributed by atoms with van der Waals surface area (Å²) < 4.78 is 4.54. The Balaban J connectivity index is 0.000000399. The Morgan fingerprint density at radius 2 is 2.16 bits per heavy atom. The second-order valence-electron chi connectivity index (χ2n) is 4.61. The first-order valence-corrected chi connectivity index (χ1v) is 7.64. The zero-order valence-electron chi connectivity index (χ0n) is 11.6. The molecule has 1 fully saturated rings. The van der Waals surface area contributed by atoms with Gasteiger partial charge in [0.15, 0.2) is 5.78 Å². The van der Waals surface area contributed by atoms with Crippen molar-refractivity contribution in [1.82, 2.24) is 0 Å². The molecule has 2 rings (SSSR count). The largest absolute Gasteiger partial charge is 0.385 e. The topological polar surface area (TPSA) is 43.4 Å². The molecular formula is C15H22O3S. The fourth-order valence-corrected chi connectivity index (χ4v) is 2.98. The number of carbonyl (C=O) groups excluding carboxylic acids is 2. The van der Waals surface area contributed by atoms with Crippen LogP contribution in [-0.2, 0) is 9.53 Å². The average Bonchev–Trinajstić information content (AvgIpc) is 3.01. The summed E-state index contributed by atoms with van der Waals surface area (Å²) >= 11 is 1.47. The molecule has 0 aromatic carbocycles. The van der Waals surface area contributed by atoms with E-state index in [2.05, 4.69) is 4.74 Å². The van der Waals surface area contributed by atoms with Gasteiger partial charge in [-0.2, -0.15) is 0 Å². The van der Waals surface area contributed by atoms with Gasteiger partial charge >= 0.3 is 0 Å². The molecule has 0 aliphatic heterocycles. The van der Waals surface area contributed by atoms with Crippen molar-refractivity contribution in [2.75, 3.05) is 13.7 Å². The van der Waals surface area contributed by atoms with Gasteiger partial charge in [0.2, 0.25) is 0 Å². The Hall–Kier alpha value is -1.000. The Labute approximate surface area is 119 Å². The first-order chi connectivity index (χ1) is 9.24. The second-order valence-corrected chi connectivity index (χ2v) is 5.56. The van der Waals surface area contributed by atoms with E-state index in [9.17, 15) is 9.59 Å². The summed E-state index contributed by atoms with van der Waals surface area (Å²) in [4.78, 5) is 23.8. The van der Waals surface area contributed by atoms with Crippen molar-refractivity contribution in [3.63, 3.8) is 0 Å². The molecule has 0 radical (unpaired) electrons. The van der Waals surface area contributed by atoms with E-state index in [-0.39, 0.29) is 17.6 Å². The van der Waals surface area contributed by atoms with Gasteiger partial charge in [-0.25, -0.2) is 0 Å². The lowest BCUT2D eigenvalue weighted by Gasteiger charge is -2.25. The highest BCUT2D eigenvalue weighted by Gasteiger charge is 2.31. The predicted molar refractivity (Wildman–Crippen MR) is 77.7 cm³/mol. The Morgan fingerprint density at radius 3 is 2.68 bits per heavy atom. The maximum atomic E-state index is 12.1. The fourth-order valence-electron chi connectivity index (χ4n) is 2.25. The first kappa shape index (κ1) is 16.1. The summed E-state index contributed by atoms with van der Waals surface area (Å²) in [6, 6.07) is 3.74. The van der Waals surface area contributed by atoms with Crippen molar-refractivity contribution >= 4 is 23.4 Å². The summed E-state index contributed by atoms with van der Waals surface area (Å²) in [5.74, 6) is 0.0602.